The Morgan fingerprint density at radius 2 is 1.81 bits per heavy atom. The molecule has 32 heavy (non-hydrogen) atoms. The van der Waals surface area contributed by atoms with E-state index in [0.717, 1.165) is 25.4 Å². The second-order valence-corrected chi connectivity index (χ2v) is 9.35. The van der Waals surface area contributed by atoms with Crippen LogP contribution in [0.25, 0.3) is 0 Å². The third-order valence-electron chi connectivity index (χ3n) is 4.99. The van der Waals surface area contributed by atoms with E-state index >= 15 is 0 Å². The average molecular weight is 474 g/mol. The van der Waals surface area contributed by atoms with Gasteiger partial charge in [0.05, 0.1) is 11.4 Å². The Labute approximate surface area is 194 Å². The molecule has 0 aliphatic carbocycles. The minimum Gasteiger partial charge on any atom is -0.492 e. The molecule has 0 bridgehead atoms. The first-order valence-corrected chi connectivity index (χ1v) is 12.1. The maximum atomic E-state index is 13.7. The van der Waals surface area contributed by atoms with Crippen LogP contribution >= 0.6 is 23.1 Å². The van der Waals surface area contributed by atoms with Crippen molar-refractivity contribution in [2.24, 2.45) is 0 Å². The summed E-state index contributed by atoms with van der Waals surface area (Å²) in [5.74, 6) is 0.931. The van der Waals surface area contributed by atoms with Gasteiger partial charge in [0.15, 0.2) is 4.34 Å². The zero-order valence-corrected chi connectivity index (χ0v) is 19.1. The zero-order chi connectivity index (χ0) is 22.2. The highest BCUT2D eigenvalue weighted by atomic mass is 32.2. The minimum atomic E-state index is -0.349. The highest BCUT2D eigenvalue weighted by Gasteiger charge is 2.21. The number of hydrogen-bond donors (Lipinski definition) is 1. The van der Waals surface area contributed by atoms with Gasteiger partial charge < -0.3 is 15.0 Å². The van der Waals surface area contributed by atoms with Gasteiger partial charge in [-0.2, -0.15) is 0 Å². The first kappa shape index (κ1) is 22.5. The molecule has 10 heteroatoms. The van der Waals surface area contributed by atoms with E-state index in [1.165, 1.54) is 29.2 Å². The molecule has 4 rings (SSSR count). The Morgan fingerprint density at radius 3 is 2.59 bits per heavy atom. The van der Waals surface area contributed by atoms with Gasteiger partial charge >= 0.3 is 0 Å². The molecule has 168 valence electrons. The van der Waals surface area contributed by atoms with Gasteiger partial charge in [-0.1, -0.05) is 53.4 Å². The van der Waals surface area contributed by atoms with Crippen molar-refractivity contribution in [2.75, 3.05) is 50.4 Å². The maximum absolute atomic E-state index is 13.7. The number of hydrogen-bond acceptors (Lipinski definition) is 8. The van der Waals surface area contributed by atoms with E-state index in [2.05, 4.69) is 20.4 Å². The molecule has 1 aromatic heterocycles. The number of carbonyl (C=O) groups is 1. The number of halogens is 1. The van der Waals surface area contributed by atoms with Crippen LogP contribution in [0.4, 0.5) is 15.2 Å². The number of piperazine rings is 1. The highest BCUT2D eigenvalue weighted by Crippen LogP contribution is 2.28. The summed E-state index contributed by atoms with van der Waals surface area (Å²) in [6.07, 6.45) is 0. The van der Waals surface area contributed by atoms with Crippen molar-refractivity contribution in [3.8, 4) is 5.75 Å². The topological polar surface area (TPSA) is 70.6 Å². The fourth-order valence-electron chi connectivity index (χ4n) is 3.24. The van der Waals surface area contributed by atoms with Crippen LogP contribution in [0.5, 0.6) is 5.75 Å². The molecule has 2 aromatic carbocycles. The van der Waals surface area contributed by atoms with Crippen LogP contribution in [-0.2, 0) is 4.79 Å². The molecule has 7 nitrogen and oxygen atoms in total. The number of amides is 1. The number of nitrogens with one attached hydrogen (secondary N) is 1. The van der Waals surface area contributed by atoms with Crippen LogP contribution in [0.2, 0.25) is 0 Å². The SMILES string of the molecule is O=C(CSc1nnc(Nc2ccccc2F)s1)N1CCN(CCOc2ccccc2)CC1. The first-order valence-electron chi connectivity index (χ1n) is 10.3. The van der Waals surface area contributed by atoms with E-state index in [9.17, 15) is 9.18 Å². The van der Waals surface area contributed by atoms with Crippen molar-refractivity contribution in [3.05, 3.63) is 60.4 Å². The summed E-state index contributed by atoms with van der Waals surface area (Å²) >= 11 is 2.66. The molecule has 0 spiro atoms. The Morgan fingerprint density at radius 1 is 1.06 bits per heavy atom. The Balaban J connectivity index is 1.15. The van der Waals surface area contributed by atoms with E-state index in [1.54, 1.807) is 18.2 Å². The summed E-state index contributed by atoms with van der Waals surface area (Å²) < 4.78 is 20.2. The molecule has 1 N–H and O–H groups in total. The summed E-state index contributed by atoms with van der Waals surface area (Å²) in [7, 11) is 0. The maximum Gasteiger partial charge on any atom is 0.233 e. The highest BCUT2D eigenvalue weighted by molar-refractivity contribution is 8.01. The number of carbonyl (C=O) groups excluding carboxylic acids is 1. The molecule has 1 aliphatic heterocycles. The summed E-state index contributed by atoms with van der Waals surface area (Å²) in [6, 6.07) is 16.2. The van der Waals surface area contributed by atoms with Gasteiger partial charge in [-0.25, -0.2) is 4.39 Å². The van der Waals surface area contributed by atoms with Crippen molar-refractivity contribution in [1.82, 2.24) is 20.0 Å². The number of para-hydroxylation sites is 2. The van der Waals surface area contributed by atoms with Crippen LogP contribution in [0.15, 0.2) is 58.9 Å². The molecule has 0 radical (unpaired) electrons. The molecule has 2 heterocycles. The molecule has 1 saturated heterocycles. The average Bonchev–Trinajstić information content (AvgIpc) is 3.27. The molecular formula is C22H24FN5O2S2. The predicted octanol–water partition coefficient (Wildman–Crippen LogP) is 3.74. The molecule has 0 saturated carbocycles. The monoisotopic (exact) mass is 473 g/mol. The van der Waals surface area contributed by atoms with Crippen molar-refractivity contribution in [2.45, 2.75) is 4.34 Å². The van der Waals surface area contributed by atoms with Crippen LogP contribution in [0.3, 0.4) is 0 Å². The number of anilines is 2. The molecule has 3 aromatic rings. The zero-order valence-electron chi connectivity index (χ0n) is 17.4. The van der Waals surface area contributed by atoms with E-state index in [1.807, 2.05) is 35.2 Å². The van der Waals surface area contributed by atoms with E-state index in [4.69, 9.17) is 4.74 Å². The first-order chi connectivity index (χ1) is 15.7. The summed E-state index contributed by atoms with van der Waals surface area (Å²) in [5.41, 5.74) is 0.350. The van der Waals surface area contributed by atoms with Crippen LogP contribution in [0.1, 0.15) is 0 Å². The van der Waals surface area contributed by atoms with E-state index in [0.29, 0.717) is 40.6 Å². The lowest BCUT2D eigenvalue weighted by Crippen LogP contribution is -2.50. The molecular weight excluding hydrogens is 449 g/mol. The van der Waals surface area contributed by atoms with Crippen molar-refractivity contribution in [3.63, 3.8) is 0 Å². The fraction of sp³-hybridized carbons (Fsp3) is 0.318. The fourth-order valence-corrected chi connectivity index (χ4v) is 4.91. The van der Waals surface area contributed by atoms with Crippen molar-refractivity contribution in [1.29, 1.82) is 0 Å². The van der Waals surface area contributed by atoms with Gasteiger partial charge in [-0.3, -0.25) is 9.69 Å². The Kier molecular flexibility index (Phi) is 7.92. The quantitative estimate of drug-likeness (QED) is 0.475. The molecule has 0 atom stereocenters. The third kappa shape index (κ3) is 6.41. The second-order valence-electron chi connectivity index (χ2n) is 7.15. The number of nitrogens with zero attached hydrogens (tertiary/aromatic N) is 4. The normalized spacial score (nSPS) is 14.3. The van der Waals surface area contributed by atoms with E-state index in [-0.39, 0.29) is 11.7 Å². The standard InChI is InChI=1S/C22H24FN5O2S2/c23-18-8-4-5-9-19(18)24-21-25-26-22(32-21)31-16-20(29)28-12-10-27(11-13-28)14-15-30-17-6-2-1-3-7-17/h1-9H,10-16H2,(H,24,25). The van der Waals surface area contributed by atoms with Crippen molar-refractivity contribution >= 4 is 39.8 Å². The van der Waals surface area contributed by atoms with Crippen LogP contribution in [0, 0.1) is 5.82 Å². The molecule has 1 aliphatic rings. The lowest BCUT2D eigenvalue weighted by atomic mass is 10.3. The van der Waals surface area contributed by atoms with Gasteiger partial charge in [-0.15, -0.1) is 10.2 Å². The second kappa shape index (κ2) is 11.3. The Bertz CT molecular complexity index is 1010. The minimum absolute atomic E-state index is 0.0917. The summed E-state index contributed by atoms with van der Waals surface area (Å²) in [5, 5.41) is 11.5. The number of aromatic nitrogens is 2. The largest absolute Gasteiger partial charge is 0.492 e. The van der Waals surface area contributed by atoms with Crippen molar-refractivity contribution < 1.29 is 13.9 Å². The number of rotatable bonds is 9. The number of benzene rings is 2. The van der Waals surface area contributed by atoms with Crippen LogP contribution in [-0.4, -0.2) is 71.0 Å². The smallest absolute Gasteiger partial charge is 0.233 e. The summed E-state index contributed by atoms with van der Waals surface area (Å²) in [6.45, 7) is 4.57. The molecule has 1 amide bonds. The molecule has 1 fully saturated rings. The predicted molar refractivity (Wildman–Crippen MR) is 125 cm³/mol. The summed E-state index contributed by atoms with van der Waals surface area (Å²) in [4.78, 5) is 16.8. The molecule has 0 unspecified atom stereocenters. The third-order valence-corrected chi connectivity index (χ3v) is 6.94. The van der Waals surface area contributed by atoms with Gasteiger partial charge in [0, 0.05) is 32.7 Å². The van der Waals surface area contributed by atoms with E-state index < -0.39 is 0 Å². The van der Waals surface area contributed by atoms with Crippen LogP contribution < -0.4 is 10.1 Å². The lowest BCUT2D eigenvalue weighted by molar-refractivity contribution is -0.130. The Hall–Kier alpha value is -2.69. The van der Waals surface area contributed by atoms with Gasteiger partial charge in [-0.05, 0) is 24.3 Å². The van der Waals surface area contributed by atoms with Gasteiger partial charge in [0.2, 0.25) is 11.0 Å². The number of ether oxygens (including phenoxy) is 1. The van der Waals surface area contributed by atoms with Gasteiger partial charge in [0.1, 0.15) is 18.2 Å². The van der Waals surface area contributed by atoms with Gasteiger partial charge in [0.25, 0.3) is 0 Å². The lowest BCUT2D eigenvalue weighted by Gasteiger charge is -2.34. The number of thioether (sulfide) groups is 1.